The first-order valence-corrected chi connectivity index (χ1v) is 11.6. The Balaban J connectivity index is 1.66. The molecule has 0 amide bonds. The summed E-state index contributed by atoms with van der Waals surface area (Å²) in [6, 6.07) is 11.0. The summed E-state index contributed by atoms with van der Waals surface area (Å²) in [4.78, 5) is 28.3. The lowest BCUT2D eigenvalue weighted by atomic mass is 9.65. The Morgan fingerprint density at radius 2 is 1.85 bits per heavy atom. The summed E-state index contributed by atoms with van der Waals surface area (Å²) in [6.07, 6.45) is 0.937. The summed E-state index contributed by atoms with van der Waals surface area (Å²) in [5.41, 5.74) is 0.645. The summed E-state index contributed by atoms with van der Waals surface area (Å²) in [5, 5.41) is 13.4. The van der Waals surface area contributed by atoms with Crippen molar-refractivity contribution in [1.82, 2.24) is 5.32 Å². The molecular formula is C26H26ClNO6. The molecule has 5 rings (SSSR count). The molecule has 2 heterocycles. The number of ether oxygens (including phenoxy) is 3. The number of carbonyl (C=O) groups is 2. The molecule has 178 valence electrons. The summed E-state index contributed by atoms with van der Waals surface area (Å²) in [6.45, 7) is 1.77. The first-order chi connectivity index (χ1) is 16.4. The number of methoxy groups -OCH3 is 2. The van der Waals surface area contributed by atoms with Crippen molar-refractivity contribution in [2.75, 3.05) is 20.8 Å². The molecule has 3 aliphatic rings. The second kappa shape index (κ2) is 8.32. The molecule has 0 saturated heterocycles. The molecule has 34 heavy (non-hydrogen) atoms. The highest BCUT2D eigenvalue weighted by atomic mass is 35.5. The van der Waals surface area contributed by atoms with Crippen LogP contribution in [-0.4, -0.2) is 49.1 Å². The summed E-state index contributed by atoms with van der Waals surface area (Å²) >= 11 is 6.53. The van der Waals surface area contributed by atoms with Crippen LogP contribution in [-0.2, 0) is 4.79 Å². The van der Waals surface area contributed by atoms with Gasteiger partial charge >= 0.3 is 0 Å². The summed E-state index contributed by atoms with van der Waals surface area (Å²) in [7, 11) is 2.90. The molecule has 2 unspecified atom stereocenters. The van der Waals surface area contributed by atoms with Gasteiger partial charge in [-0.05, 0) is 18.4 Å². The number of ketones is 2. The van der Waals surface area contributed by atoms with E-state index in [1.165, 1.54) is 20.3 Å². The number of allylic oxidation sites excluding steroid dienone is 1. The monoisotopic (exact) mass is 483 g/mol. The largest absolute Gasteiger partial charge is 0.496 e. The van der Waals surface area contributed by atoms with E-state index in [4.69, 9.17) is 25.8 Å². The van der Waals surface area contributed by atoms with Crippen LogP contribution in [0, 0.1) is 5.92 Å². The lowest BCUT2D eigenvalue weighted by Gasteiger charge is -2.44. The van der Waals surface area contributed by atoms with Gasteiger partial charge in [0.1, 0.15) is 22.1 Å². The molecule has 0 aromatic heterocycles. The number of aliphatic hydroxyl groups excluding tert-OH is 1. The van der Waals surface area contributed by atoms with Crippen LogP contribution >= 0.6 is 11.6 Å². The molecule has 1 aliphatic carbocycles. The fourth-order valence-electron chi connectivity index (χ4n) is 5.52. The second-order valence-corrected chi connectivity index (χ2v) is 9.39. The predicted octanol–water partition coefficient (Wildman–Crippen LogP) is 3.67. The first-order valence-electron chi connectivity index (χ1n) is 11.3. The third-order valence-corrected chi connectivity index (χ3v) is 7.56. The molecule has 2 N–H and O–H groups in total. The van der Waals surface area contributed by atoms with Gasteiger partial charge < -0.3 is 24.6 Å². The minimum atomic E-state index is -1.74. The zero-order valence-corrected chi connectivity index (χ0v) is 19.9. The average molecular weight is 484 g/mol. The fraction of sp³-hybridized carbons (Fsp3) is 0.385. The Hall–Kier alpha value is -3.03. The fourth-order valence-corrected chi connectivity index (χ4v) is 5.78. The van der Waals surface area contributed by atoms with E-state index in [0.29, 0.717) is 24.2 Å². The highest BCUT2D eigenvalue weighted by molar-refractivity contribution is 6.36. The van der Waals surface area contributed by atoms with Gasteiger partial charge in [0, 0.05) is 35.2 Å². The number of hydrogen-bond acceptors (Lipinski definition) is 7. The third-order valence-electron chi connectivity index (χ3n) is 7.20. The van der Waals surface area contributed by atoms with Gasteiger partial charge in [0.05, 0.1) is 20.8 Å². The number of carbonyl (C=O) groups excluding carboxylic acids is 2. The number of Topliss-reactive ketones (excluding diaryl/α,β-unsaturated/α-hetero) is 2. The highest BCUT2D eigenvalue weighted by Crippen LogP contribution is 2.55. The minimum Gasteiger partial charge on any atom is -0.496 e. The van der Waals surface area contributed by atoms with E-state index in [1.54, 1.807) is 0 Å². The summed E-state index contributed by atoms with van der Waals surface area (Å²) < 4.78 is 17.1. The molecule has 1 spiro atoms. The molecule has 7 nitrogen and oxygen atoms in total. The maximum Gasteiger partial charge on any atom is 0.236 e. The van der Waals surface area contributed by atoms with Gasteiger partial charge in [-0.1, -0.05) is 48.9 Å². The Bertz CT molecular complexity index is 1210. The molecule has 2 aromatic rings. The smallest absolute Gasteiger partial charge is 0.236 e. The lowest BCUT2D eigenvalue weighted by molar-refractivity contribution is -0.131. The molecule has 2 aliphatic heterocycles. The Morgan fingerprint density at radius 1 is 1.15 bits per heavy atom. The van der Waals surface area contributed by atoms with E-state index >= 15 is 0 Å². The Morgan fingerprint density at radius 3 is 2.50 bits per heavy atom. The summed E-state index contributed by atoms with van der Waals surface area (Å²) in [5.74, 6) is -0.933. The van der Waals surface area contributed by atoms with Crippen molar-refractivity contribution in [2.24, 2.45) is 5.92 Å². The van der Waals surface area contributed by atoms with Gasteiger partial charge in [-0.2, -0.15) is 0 Å². The van der Waals surface area contributed by atoms with Crippen molar-refractivity contribution in [2.45, 2.75) is 37.3 Å². The number of aliphatic hydroxyl groups is 1. The third kappa shape index (κ3) is 3.07. The van der Waals surface area contributed by atoms with Crippen molar-refractivity contribution < 1.29 is 28.9 Å². The van der Waals surface area contributed by atoms with E-state index in [0.717, 1.165) is 11.3 Å². The quantitative estimate of drug-likeness (QED) is 0.641. The Kier molecular flexibility index (Phi) is 5.57. The SMILES string of the molecule is COc1cc(OC)c2c(c1Cl)O[C@@]1(C(=O)C3=C(C[C@H]1C)NC(CO)CC3c1ccccc1)C2=O. The van der Waals surface area contributed by atoms with E-state index in [9.17, 15) is 14.7 Å². The van der Waals surface area contributed by atoms with Gasteiger partial charge in [0.25, 0.3) is 0 Å². The van der Waals surface area contributed by atoms with Gasteiger partial charge in [-0.3, -0.25) is 9.59 Å². The number of halogens is 1. The topological polar surface area (TPSA) is 94.1 Å². The van der Waals surface area contributed by atoms with Gasteiger partial charge in [0.2, 0.25) is 17.2 Å². The van der Waals surface area contributed by atoms with Gasteiger partial charge in [-0.25, -0.2) is 0 Å². The zero-order valence-electron chi connectivity index (χ0n) is 19.2. The maximum atomic E-state index is 14.3. The normalized spacial score (nSPS) is 27.7. The number of nitrogens with one attached hydrogen (secondary N) is 1. The molecule has 0 saturated carbocycles. The molecule has 0 radical (unpaired) electrons. The van der Waals surface area contributed by atoms with Crippen LogP contribution in [0.15, 0.2) is 47.7 Å². The van der Waals surface area contributed by atoms with Gasteiger partial charge in [0.15, 0.2) is 5.75 Å². The van der Waals surface area contributed by atoms with Crippen LogP contribution < -0.4 is 19.5 Å². The molecular weight excluding hydrogens is 458 g/mol. The van der Waals surface area contributed by atoms with Crippen LogP contribution in [0.4, 0.5) is 0 Å². The van der Waals surface area contributed by atoms with Crippen LogP contribution in [0.3, 0.4) is 0 Å². The van der Waals surface area contributed by atoms with Crippen LogP contribution in [0.1, 0.15) is 41.6 Å². The van der Waals surface area contributed by atoms with Crippen molar-refractivity contribution in [1.29, 1.82) is 0 Å². The van der Waals surface area contributed by atoms with E-state index in [2.05, 4.69) is 5.32 Å². The van der Waals surface area contributed by atoms with Crippen LogP contribution in [0.25, 0.3) is 0 Å². The minimum absolute atomic E-state index is 0.0543. The second-order valence-electron chi connectivity index (χ2n) is 9.02. The van der Waals surface area contributed by atoms with E-state index in [1.807, 2.05) is 37.3 Å². The number of rotatable bonds is 4. The predicted molar refractivity (Wildman–Crippen MR) is 126 cm³/mol. The number of hydrogen-bond donors (Lipinski definition) is 2. The van der Waals surface area contributed by atoms with Crippen LogP contribution in [0.2, 0.25) is 5.02 Å². The van der Waals surface area contributed by atoms with Crippen molar-refractivity contribution in [3.05, 3.63) is 63.8 Å². The lowest BCUT2D eigenvalue weighted by Crippen LogP contribution is -2.59. The molecule has 0 fully saturated rings. The zero-order chi connectivity index (χ0) is 24.2. The van der Waals surface area contributed by atoms with E-state index < -0.39 is 17.3 Å². The van der Waals surface area contributed by atoms with E-state index in [-0.39, 0.29) is 46.4 Å². The number of fused-ring (bicyclic) bond motifs is 1. The molecule has 8 heteroatoms. The first kappa shape index (κ1) is 22.7. The molecule has 2 aromatic carbocycles. The Labute approximate surface area is 202 Å². The average Bonchev–Trinajstić information content (AvgIpc) is 3.17. The van der Waals surface area contributed by atoms with Gasteiger partial charge in [-0.15, -0.1) is 0 Å². The highest BCUT2D eigenvalue weighted by Gasteiger charge is 2.63. The van der Waals surface area contributed by atoms with Crippen molar-refractivity contribution in [3.63, 3.8) is 0 Å². The standard InChI is InChI=1S/C26H26ClNO6/c1-13-9-17-20(16(10-15(12-29)28-17)14-7-5-4-6-8-14)24(30)26(13)25(31)21-18(32-2)11-19(33-3)22(27)23(21)34-26/h4-8,11,13,15-16,28-29H,9-10,12H2,1-3H3/t13-,15?,16?,26+/m1/s1. The van der Waals surface area contributed by atoms with Crippen molar-refractivity contribution >= 4 is 23.2 Å². The maximum absolute atomic E-state index is 14.3. The number of benzene rings is 2. The molecule has 4 atom stereocenters. The molecule has 0 bridgehead atoms. The van der Waals surface area contributed by atoms with Crippen LogP contribution in [0.5, 0.6) is 17.2 Å². The van der Waals surface area contributed by atoms with Crippen molar-refractivity contribution in [3.8, 4) is 17.2 Å².